The molecule has 4 heteroatoms. The summed E-state index contributed by atoms with van der Waals surface area (Å²) < 4.78 is 2.43. The quantitative estimate of drug-likeness (QED) is 0.830. The first-order valence-electron chi connectivity index (χ1n) is 6.13. The van der Waals surface area contributed by atoms with E-state index in [-0.39, 0.29) is 0 Å². The van der Waals surface area contributed by atoms with Gasteiger partial charge in [0.05, 0.1) is 11.0 Å². The van der Waals surface area contributed by atoms with Crippen molar-refractivity contribution in [2.24, 2.45) is 0 Å². The molecule has 1 fully saturated rings. The summed E-state index contributed by atoms with van der Waals surface area (Å²) >= 11 is 2.04. The van der Waals surface area contributed by atoms with E-state index in [0.29, 0.717) is 6.04 Å². The van der Waals surface area contributed by atoms with Gasteiger partial charge in [-0.3, -0.25) is 0 Å². The molecule has 0 amide bonds. The molecular formula is C13H17N3S. The predicted molar refractivity (Wildman–Crippen MR) is 74.5 cm³/mol. The fourth-order valence-corrected chi connectivity index (χ4v) is 3.74. The van der Waals surface area contributed by atoms with E-state index in [0.717, 1.165) is 17.6 Å². The Hall–Kier alpha value is -1.16. The van der Waals surface area contributed by atoms with Crippen LogP contribution in [0.3, 0.4) is 0 Å². The van der Waals surface area contributed by atoms with Crippen molar-refractivity contribution in [1.82, 2.24) is 9.55 Å². The minimum Gasteiger partial charge on any atom is -0.399 e. The van der Waals surface area contributed by atoms with Gasteiger partial charge in [-0.1, -0.05) is 6.92 Å². The predicted octanol–water partition coefficient (Wildman–Crippen LogP) is 2.86. The van der Waals surface area contributed by atoms with Crippen LogP contribution in [0.15, 0.2) is 18.2 Å². The van der Waals surface area contributed by atoms with Crippen LogP contribution in [0.5, 0.6) is 0 Å². The molecule has 0 radical (unpaired) electrons. The largest absolute Gasteiger partial charge is 0.399 e. The number of hydrogen-bond donors (Lipinski definition) is 1. The third-order valence-electron chi connectivity index (χ3n) is 3.37. The van der Waals surface area contributed by atoms with Crippen molar-refractivity contribution in [1.29, 1.82) is 0 Å². The van der Waals surface area contributed by atoms with E-state index in [1.165, 1.54) is 29.3 Å². The first-order valence-corrected chi connectivity index (χ1v) is 7.29. The summed E-state index contributed by atoms with van der Waals surface area (Å²) in [6.45, 7) is 2.17. The Labute approximate surface area is 105 Å². The maximum atomic E-state index is 5.82. The van der Waals surface area contributed by atoms with Crippen LogP contribution in [0.1, 0.15) is 25.2 Å². The van der Waals surface area contributed by atoms with Crippen molar-refractivity contribution in [2.45, 2.75) is 25.8 Å². The molecule has 1 aromatic carbocycles. The SMILES string of the molecule is CCc1nc2cc(N)ccc2n1C1CCSC1. The standard InChI is InChI=1S/C13H17N3S/c1-2-13-15-11-7-9(14)3-4-12(11)16(13)10-5-6-17-8-10/h3-4,7,10H,2,5-6,8,14H2,1H3. The fraction of sp³-hybridized carbons (Fsp3) is 0.462. The average Bonchev–Trinajstić information content (AvgIpc) is 2.93. The number of nitrogens with two attached hydrogens (primary N) is 1. The summed E-state index contributed by atoms with van der Waals surface area (Å²) in [5.74, 6) is 3.67. The zero-order valence-electron chi connectivity index (χ0n) is 10.0. The zero-order chi connectivity index (χ0) is 11.8. The molecule has 2 heterocycles. The van der Waals surface area contributed by atoms with Gasteiger partial charge in [0.15, 0.2) is 0 Å². The van der Waals surface area contributed by atoms with E-state index in [1.54, 1.807) is 0 Å². The van der Waals surface area contributed by atoms with Gasteiger partial charge in [0, 0.05) is 23.9 Å². The van der Waals surface area contributed by atoms with Crippen LogP contribution in [-0.2, 0) is 6.42 Å². The number of fused-ring (bicyclic) bond motifs is 1. The van der Waals surface area contributed by atoms with Gasteiger partial charge in [0.2, 0.25) is 0 Å². The van der Waals surface area contributed by atoms with E-state index in [9.17, 15) is 0 Å². The number of rotatable bonds is 2. The van der Waals surface area contributed by atoms with Crippen molar-refractivity contribution in [3.63, 3.8) is 0 Å². The molecule has 0 bridgehead atoms. The minimum atomic E-state index is 0.614. The molecule has 3 rings (SSSR count). The number of nitrogens with zero attached hydrogens (tertiary/aromatic N) is 2. The summed E-state index contributed by atoms with van der Waals surface area (Å²) in [5, 5.41) is 0. The van der Waals surface area contributed by atoms with Gasteiger partial charge in [-0.2, -0.15) is 11.8 Å². The molecule has 1 atom stereocenters. The van der Waals surface area contributed by atoms with E-state index < -0.39 is 0 Å². The number of aromatic nitrogens is 2. The number of aryl methyl sites for hydroxylation is 1. The Morgan fingerprint density at radius 1 is 1.53 bits per heavy atom. The normalized spacial score (nSPS) is 20.2. The Morgan fingerprint density at radius 3 is 3.12 bits per heavy atom. The molecule has 1 unspecified atom stereocenters. The lowest BCUT2D eigenvalue weighted by atomic mass is 10.2. The number of thioether (sulfide) groups is 1. The summed E-state index contributed by atoms with van der Waals surface area (Å²) in [5.41, 5.74) is 8.90. The Kier molecular flexibility index (Phi) is 2.74. The maximum Gasteiger partial charge on any atom is 0.109 e. The second kappa shape index (κ2) is 4.26. The number of benzene rings is 1. The van der Waals surface area contributed by atoms with E-state index in [2.05, 4.69) is 17.6 Å². The van der Waals surface area contributed by atoms with Gasteiger partial charge in [-0.15, -0.1) is 0 Å². The van der Waals surface area contributed by atoms with E-state index in [4.69, 9.17) is 10.7 Å². The molecule has 2 N–H and O–H groups in total. The van der Waals surface area contributed by atoms with Gasteiger partial charge >= 0.3 is 0 Å². The third-order valence-corrected chi connectivity index (χ3v) is 4.52. The van der Waals surface area contributed by atoms with Gasteiger partial charge in [-0.25, -0.2) is 4.98 Å². The highest BCUT2D eigenvalue weighted by Crippen LogP contribution is 2.32. The first-order chi connectivity index (χ1) is 8.29. The number of hydrogen-bond acceptors (Lipinski definition) is 3. The van der Waals surface area contributed by atoms with Crippen LogP contribution < -0.4 is 5.73 Å². The first kappa shape index (κ1) is 11.0. The topological polar surface area (TPSA) is 43.8 Å². The monoisotopic (exact) mass is 247 g/mol. The van der Waals surface area contributed by atoms with Gasteiger partial charge < -0.3 is 10.3 Å². The Bertz CT molecular complexity index is 541. The molecule has 90 valence electrons. The number of imidazole rings is 1. The molecule has 0 aliphatic carbocycles. The molecule has 0 spiro atoms. The summed E-state index contributed by atoms with van der Waals surface area (Å²) in [7, 11) is 0. The fourth-order valence-electron chi connectivity index (χ4n) is 2.55. The van der Waals surface area contributed by atoms with Gasteiger partial charge in [-0.05, 0) is 30.4 Å². The average molecular weight is 247 g/mol. The molecule has 1 saturated heterocycles. The van der Waals surface area contributed by atoms with Crippen LogP contribution >= 0.6 is 11.8 Å². The molecule has 17 heavy (non-hydrogen) atoms. The highest BCUT2D eigenvalue weighted by atomic mass is 32.2. The number of nitrogen functional groups attached to an aromatic ring is 1. The highest BCUT2D eigenvalue weighted by Gasteiger charge is 2.22. The molecule has 3 nitrogen and oxygen atoms in total. The van der Waals surface area contributed by atoms with Crippen molar-refractivity contribution < 1.29 is 0 Å². The van der Waals surface area contributed by atoms with E-state index in [1.807, 2.05) is 23.9 Å². The van der Waals surface area contributed by atoms with E-state index >= 15 is 0 Å². The van der Waals surface area contributed by atoms with Crippen LogP contribution in [0, 0.1) is 0 Å². The molecule has 2 aromatic rings. The lowest BCUT2D eigenvalue weighted by molar-refractivity contribution is 0.552. The second-order valence-corrected chi connectivity index (χ2v) is 5.67. The summed E-state index contributed by atoms with van der Waals surface area (Å²) in [6.07, 6.45) is 2.24. The van der Waals surface area contributed by atoms with Crippen LogP contribution in [-0.4, -0.2) is 21.1 Å². The molecule has 0 saturated carbocycles. The third kappa shape index (κ3) is 1.80. The molecule has 1 aromatic heterocycles. The summed E-state index contributed by atoms with van der Waals surface area (Å²) in [4.78, 5) is 4.71. The smallest absolute Gasteiger partial charge is 0.109 e. The summed E-state index contributed by atoms with van der Waals surface area (Å²) in [6, 6.07) is 6.68. The van der Waals surface area contributed by atoms with Crippen molar-refractivity contribution in [2.75, 3.05) is 17.2 Å². The Balaban J connectivity index is 2.19. The molecule has 1 aliphatic rings. The lowest BCUT2D eigenvalue weighted by Gasteiger charge is -2.15. The molecular weight excluding hydrogens is 230 g/mol. The van der Waals surface area contributed by atoms with Gasteiger partial charge in [0.25, 0.3) is 0 Å². The zero-order valence-corrected chi connectivity index (χ0v) is 10.8. The van der Waals surface area contributed by atoms with Crippen LogP contribution in [0.2, 0.25) is 0 Å². The van der Waals surface area contributed by atoms with Crippen LogP contribution in [0.4, 0.5) is 5.69 Å². The van der Waals surface area contributed by atoms with Crippen LogP contribution in [0.25, 0.3) is 11.0 Å². The van der Waals surface area contributed by atoms with Crippen molar-refractivity contribution >= 4 is 28.5 Å². The molecule has 1 aliphatic heterocycles. The minimum absolute atomic E-state index is 0.614. The second-order valence-electron chi connectivity index (χ2n) is 4.52. The van der Waals surface area contributed by atoms with Gasteiger partial charge in [0.1, 0.15) is 5.82 Å². The van der Waals surface area contributed by atoms with Crippen molar-refractivity contribution in [3.8, 4) is 0 Å². The lowest BCUT2D eigenvalue weighted by Crippen LogP contribution is -2.11. The highest BCUT2D eigenvalue weighted by molar-refractivity contribution is 7.99. The number of anilines is 1. The maximum absolute atomic E-state index is 5.82. The Morgan fingerprint density at radius 2 is 2.41 bits per heavy atom. The van der Waals surface area contributed by atoms with Crippen molar-refractivity contribution in [3.05, 3.63) is 24.0 Å².